The Balaban J connectivity index is 2.54. The number of halogens is 4. The first-order chi connectivity index (χ1) is 9.27. The Morgan fingerprint density at radius 1 is 1.20 bits per heavy atom. The molecule has 0 aliphatic carbocycles. The first kappa shape index (κ1) is 14.3. The number of aromatic nitrogens is 2. The Kier molecular flexibility index (Phi) is 3.63. The average Bonchev–Trinajstić information content (AvgIpc) is 2.37. The van der Waals surface area contributed by atoms with E-state index >= 15 is 0 Å². The van der Waals surface area contributed by atoms with Gasteiger partial charge in [-0.25, -0.2) is 14.8 Å². The van der Waals surface area contributed by atoms with Gasteiger partial charge in [0.15, 0.2) is 11.5 Å². The molecule has 1 aromatic heterocycles. The third kappa shape index (κ3) is 3.05. The number of hydrogen-bond donors (Lipinski definition) is 1. The number of nitrogens with zero attached hydrogens (tertiary/aromatic N) is 2. The molecule has 8 heteroatoms. The van der Waals surface area contributed by atoms with Gasteiger partial charge in [-0.2, -0.15) is 13.2 Å². The minimum absolute atomic E-state index is 0.0322. The van der Waals surface area contributed by atoms with Crippen LogP contribution in [-0.4, -0.2) is 21.0 Å². The van der Waals surface area contributed by atoms with Crippen LogP contribution < -0.4 is 0 Å². The van der Waals surface area contributed by atoms with Crippen molar-refractivity contribution in [1.29, 1.82) is 0 Å². The molecule has 0 saturated heterocycles. The van der Waals surface area contributed by atoms with Crippen LogP contribution in [0.15, 0.2) is 30.3 Å². The molecule has 0 atom stereocenters. The van der Waals surface area contributed by atoms with Gasteiger partial charge in [-0.15, -0.1) is 0 Å². The molecule has 4 nitrogen and oxygen atoms in total. The van der Waals surface area contributed by atoms with Gasteiger partial charge in [-0.1, -0.05) is 23.7 Å². The molecule has 1 aromatic carbocycles. The van der Waals surface area contributed by atoms with Crippen molar-refractivity contribution in [2.75, 3.05) is 0 Å². The second-order valence-electron chi connectivity index (χ2n) is 3.78. The van der Waals surface area contributed by atoms with Crippen LogP contribution >= 0.6 is 11.6 Å². The molecule has 0 amide bonds. The fourth-order valence-corrected chi connectivity index (χ4v) is 1.67. The van der Waals surface area contributed by atoms with Crippen LogP contribution in [-0.2, 0) is 6.18 Å². The summed E-state index contributed by atoms with van der Waals surface area (Å²) in [7, 11) is 0. The summed E-state index contributed by atoms with van der Waals surface area (Å²) in [6.45, 7) is 0. The van der Waals surface area contributed by atoms with Gasteiger partial charge >= 0.3 is 12.1 Å². The molecular formula is C12H6ClF3N2O2. The molecule has 2 rings (SSSR count). The van der Waals surface area contributed by atoms with Gasteiger partial charge in [0.1, 0.15) is 5.15 Å². The van der Waals surface area contributed by atoms with Crippen molar-refractivity contribution in [3.8, 4) is 11.4 Å². The first-order valence-corrected chi connectivity index (χ1v) is 5.60. The summed E-state index contributed by atoms with van der Waals surface area (Å²) in [6.07, 6.45) is -4.51. The largest absolute Gasteiger partial charge is 0.477 e. The Hall–Kier alpha value is -2.15. The molecule has 0 aliphatic rings. The highest BCUT2D eigenvalue weighted by atomic mass is 35.5. The van der Waals surface area contributed by atoms with Crippen LogP contribution in [0.1, 0.15) is 16.1 Å². The summed E-state index contributed by atoms with van der Waals surface area (Å²) in [5.74, 6) is -1.52. The van der Waals surface area contributed by atoms with Gasteiger partial charge in [-0.3, -0.25) is 0 Å². The monoisotopic (exact) mass is 302 g/mol. The van der Waals surface area contributed by atoms with E-state index in [1.54, 1.807) is 0 Å². The molecule has 0 fully saturated rings. The van der Waals surface area contributed by atoms with Gasteiger partial charge in [0.2, 0.25) is 0 Å². The lowest BCUT2D eigenvalue weighted by molar-refractivity contribution is -0.137. The van der Waals surface area contributed by atoms with Crippen molar-refractivity contribution in [3.05, 3.63) is 46.7 Å². The van der Waals surface area contributed by atoms with Crippen molar-refractivity contribution in [2.24, 2.45) is 0 Å². The molecule has 1 heterocycles. The van der Waals surface area contributed by atoms with Crippen molar-refractivity contribution in [1.82, 2.24) is 9.97 Å². The van der Waals surface area contributed by atoms with E-state index in [0.29, 0.717) is 0 Å². The number of benzene rings is 1. The van der Waals surface area contributed by atoms with Crippen LogP contribution in [0.25, 0.3) is 11.4 Å². The maximum Gasteiger partial charge on any atom is 0.416 e. The lowest BCUT2D eigenvalue weighted by Crippen LogP contribution is -2.06. The minimum Gasteiger partial charge on any atom is -0.477 e. The van der Waals surface area contributed by atoms with E-state index in [0.717, 1.165) is 18.2 Å². The second-order valence-corrected chi connectivity index (χ2v) is 4.17. The predicted molar refractivity (Wildman–Crippen MR) is 64.4 cm³/mol. The smallest absolute Gasteiger partial charge is 0.416 e. The van der Waals surface area contributed by atoms with E-state index in [9.17, 15) is 18.0 Å². The molecule has 2 aromatic rings. The third-order valence-electron chi connectivity index (χ3n) is 2.36. The average molecular weight is 303 g/mol. The molecule has 20 heavy (non-hydrogen) atoms. The molecule has 0 bridgehead atoms. The third-order valence-corrected chi connectivity index (χ3v) is 2.56. The molecular weight excluding hydrogens is 297 g/mol. The highest BCUT2D eigenvalue weighted by Gasteiger charge is 2.30. The molecule has 1 N–H and O–H groups in total. The molecule has 0 aliphatic heterocycles. The van der Waals surface area contributed by atoms with Crippen LogP contribution in [0.3, 0.4) is 0 Å². The maximum absolute atomic E-state index is 12.6. The summed E-state index contributed by atoms with van der Waals surface area (Å²) in [6, 6.07) is 5.26. The van der Waals surface area contributed by atoms with Gasteiger partial charge in [0, 0.05) is 11.6 Å². The number of aromatic carboxylic acids is 1. The van der Waals surface area contributed by atoms with E-state index < -0.39 is 23.4 Å². The van der Waals surface area contributed by atoms with E-state index in [2.05, 4.69) is 9.97 Å². The van der Waals surface area contributed by atoms with Crippen LogP contribution in [0.5, 0.6) is 0 Å². The summed E-state index contributed by atoms with van der Waals surface area (Å²) in [4.78, 5) is 18.2. The first-order valence-electron chi connectivity index (χ1n) is 5.23. The maximum atomic E-state index is 12.6. The van der Waals surface area contributed by atoms with Gasteiger partial charge < -0.3 is 5.11 Å². The molecule has 0 saturated carbocycles. The zero-order chi connectivity index (χ0) is 14.9. The lowest BCUT2D eigenvalue weighted by Gasteiger charge is -2.08. The highest BCUT2D eigenvalue weighted by Crippen LogP contribution is 2.31. The fraction of sp³-hybridized carbons (Fsp3) is 0.0833. The summed E-state index contributed by atoms with van der Waals surface area (Å²) in [5.41, 5.74) is -1.24. The topological polar surface area (TPSA) is 63.1 Å². The van der Waals surface area contributed by atoms with Crippen molar-refractivity contribution >= 4 is 17.6 Å². The minimum atomic E-state index is -4.51. The number of carboxylic acid groups (broad SMARTS) is 1. The summed E-state index contributed by atoms with van der Waals surface area (Å²) < 4.78 is 37.8. The summed E-state index contributed by atoms with van der Waals surface area (Å²) >= 11 is 5.64. The fourth-order valence-electron chi connectivity index (χ4n) is 1.49. The Labute approximate surface area is 115 Å². The molecule has 0 unspecified atom stereocenters. The number of alkyl halides is 3. The van der Waals surface area contributed by atoms with E-state index in [4.69, 9.17) is 16.7 Å². The van der Waals surface area contributed by atoms with Gasteiger partial charge in [0.25, 0.3) is 0 Å². The highest BCUT2D eigenvalue weighted by molar-refractivity contribution is 6.29. The van der Waals surface area contributed by atoms with Gasteiger partial charge in [0.05, 0.1) is 5.56 Å². The van der Waals surface area contributed by atoms with Crippen LogP contribution in [0.2, 0.25) is 5.15 Å². The van der Waals surface area contributed by atoms with E-state index in [-0.39, 0.29) is 16.5 Å². The Morgan fingerprint density at radius 2 is 1.90 bits per heavy atom. The summed E-state index contributed by atoms with van der Waals surface area (Å²) in [5, 5.41) is 8.67. The Morgan fingerprint density at radius 3 is 2.50 bits per heavy atom. The zero-order valence-electron chi connectivity index (χ0n) is 9.65. The standard InChI is InChI=1S/C12H6ClF3N2O2/c13-9-5-8(11(19)20)17-10(18-9)6-2-1-3-7(4-6)12(14,15)16/h1-5H,(H,19,20). The van der Waals surface area contributed by atoms with Crippen LogP contribution in [0.4, 0.5) is 13.2 Å². The normalized spacial score (nSPS) is 11.4. The predicted octanol–water partition coefficient (Wildman–Crippen LogP) is 3.51. The number of hydrogen-bond acceptors (Lipinski definition) is 3. The molecule has 104 valence electrons. The van der Waals surface area contributed by atoms with E-state index in [1.165, 1.54) is 12.1 Å². The zero-order valence-corrected chi connectivity index (χ0v) is 10.4. The van der Waals surface area contributed by atoms with Crippen molar-refractivity contribution < 1.29 is 23.1 Å². The molecule has 0 radical (unpaired) electrons. The number of carbonyl (C=O) groups is 1. The van der Waals surface area contributed by atoms with Crippen molar-refractivity contribution in [3.63, 3.8) is 0 Å². The van der Waals surface area contributed by atoms with Crippen LogP contribution in [0, 0.1) is 0 Å². The number of carboxylic acids is 1. The van der Waals surface area contributed by atoms with Crippen molar-refractivity contribution in [2.45, 2.75) is 6.18 Å². The van der Waals surface area contributed by atoms with Gasteiger partial charge in [-0.05, 0) is 12.1 Å². The number of rotatable bonds is 2. The Bertz CT molecular complexity index is 674. The SMILES string of the molecule is O=C(O)c1cc(Cl)nc(-c2cccc(C(F)(F)F)c2)n1. The quantitative estimate of drug-likeness (QED) is 0.862. The molecule has 0 spiro atoms. The second kappa shape index (κ2) is 5.09. The van der Waals surface area contributed by atoms with E-state index in [1.807, 2.05) is 0 Å². The lowest BCUT2D eigenvalue weighted by atomic mass is 10.1.